The molecule has 0 amide bonds. The van der Waals surface area contributed by atoms with Gasteiger partial charge in [-0.1, -0.05) is 12.1 Å². The van der Waals surface area contributed by atoms with E-state index >= 15 is 0 Å². The fourth-order valence-corrected chi connectivity index (χ4v) is 1.92. The average molecular weight is 298 g/mol. The summed E-state index contributed by atoms with van der Waals surface area (Å²) < 4.78 is 56.9. The van der Waals surface area contributed by atoms with E-state index in [1.807, 2.05) is 0 Å². The first kappa shape index (κ1) is 15.0. The first-order chi connectivity index (χ1) is 9.86. The molecule has 0 N–H and O–H groups in total. The Hall–Kier alpha value is -2.37. The maximum Gasteiger partial charge on any atom is 0.416 e. The van der Waals surface area contributed by atoms with Crippen LogP contribution < -0.4 is 4.74 Å². The Morgan fingerprint density at radius 3 is 2.43 bits per heavy atom. The summed E-state index contributed by atoms with van der Waals surface area (Å²) in [5.41, 5.74) is -0.883. The zero-order valence-corrected chi connectivity index (χ0v) is 10.9. The number of aldehydes is 1. The quantitative estimate of drug-likeness (QED) is 0.622. The molecule has 0 atom stereocenters. The number of ether oxygens (including phenoxy) is 1. The summed E-state index contributed by atoms with van der Waals surface area (Å²) in [5.74, 6) is -0.741. The third kappa shape index (κ3) is 3.04. The Labute approximate surface area is 118 Å². The number of rotatable bonds is 3. The molecule has 6 heteroatoms. The number of methoxy groups -OCH3 is 1. The van der Waals surface area contributed by atoms with Crippen molar-refractivity contribution in [2.24, 2.45) is 0 Å². The standard InChI is InChI=1S/C15H10F4O2/c1-21-14-7-13(16)12(6-10(14)8-20)9-3-2-4-11(5-9)15(17,18)19/h2-8H,1H3. The van der Waals surface area contributed by atoms with Crippen LogP contribution in [0.1, 0.15) is 15.9 Å². The summed E-state index contributed by atoms with van der Waals surface area (Å²) in [5, 5.41) is 0. The average Bonchev–Trinajstić information content (AvgIpc) is 2.46. The monoisotopic (exact) mass is 298 g/mol. The largest absolute Gasteiger partial charge is 0.496 e. The smallest absolute Gasteiger partial charge is 0.416 e. The van der Waals surface area contributed by atoms with Gasteiger partial charge >= 0.3 is 6.18 Å². The Kier molecular flexibility index (Phi) is 3.97. The number of hydrogen-bond donors (Lipinski definition) is 0. The highest BCUT2D eigenvalue weighted by molar-refractivity contribution is 5.83. The second kappa shape index (κ2) is 5.55. The van der Waals surface area contributed by atoms with E-state index in [9.17, 15) is 22.4 Å². The predicted molar refractivity (Wildman–Crippen MR) is 68.8 cm³/mol. The van der Waals surface area contributed by atoms with Crippen LogP contribution in [0.2, 0.25) is 0 Å². The molecule has 0 bridgehead atoms. The van der Waals surface area contributed by atoms with E-state index in [0.29, 0.717) is 6.29 Å². The first-order valence-electron chi connectivity index (χ1n) is 5.87. The van der Waals surface area contributed by atoms with Gasteiger partial charge in [-0.25, -0.2) is 4.39 Å². The summed E-state index contributed by atoms with van der Waals surface area (Å²) in [6, 6.07) is 6.39. The molecule has 0 saturated heterocycles. The molecule has 21 heavy (non-hydrogen) atoms. The molecule has 0 fully saturated rings. The number of hydrogen-bond acceptors (Lipinski definition) is 2. The van der Waals surface area contributed by atoms with Gasteiger partial charge in [0, 0.05) is 11.6 Å². The van der Waals surface area contributed by atoms with Crippen LogP contribution in [-0.2, 0) is 6.18 Å². The van der Waals surface area contributed by atoms with Crippen molar-refractivity contribution in [1.82, 2.24) is 0 Å². The minimum atomic E-state index is -4.52. The normalized spacial score (nSPS) is 11.3. The van der Waals surface area contributed by atoms with Gasteiger partial charge in [0.1, 0.15) is 11.6 Å². The van der Waals surface area contributed by atoms with Gasteiger partial charge in [0.05, 0.1) is 18.2 Å². The molecule has 110 valence electrons. The van der Waals surface area contributed by atoms with Crippen LogP contribution in [-0.4, -0.2) is 13.4 Å². The summed E-state index contributed by atoms with van der Waals surface area (Å²) in [4.78, 5) is 10.9. The molecule has 2 aromatic carbocycles. The fraction of sp³-hybridized carbons (Fsp3) is 0.133. The number of halogens is 4. The fourth-order valence-electron chi connectivity index (χ4n) is 1.92. The van der Waals surface area contributed by atoms with Crippen LogP contribution in [0.15, 0.2) is 36.4 Å². The number of carbonyl (C=O) groups excluding carboxylic acids is 1. The van der Waals surface area contributed by atoms with Gasteiger partial charge < -0.3 is 4.74 Å². The second-order valence-corrected chi connectivity index (χ2v) is 4.27. The number of alkyl halides is 3. The lowest BCUT2D eigenvalue weighted by atomic mass is 10.00. The molecule has 0 aliphatic heterocycles. The summed E-state index contributed by atoms with van der Waals surface area (Å²) >= 11 is 0. The van der Waals surface area contributed by atoms with E-state index in [4.69, 9.17) is 4.74 Å². The molecule has 0 unspecified atom stereocenters. The van der Waals surface area contributed by atoms with Gasteiger partial charge in [0.2, 0.25) is 0 Å². The lowest BCUT2D eigenvalue weighted by Gasteiger charge is -2.11. The first-order valence-corrected chi connectivity index (χ1v) is 5.87. The summed E-state index contributed by atoms with van der Waals surface area (Å²) in [6.07, 6.45) is -4.07. The molecule has 2 nitrogen and oxygen atoms in total. The Morgan fingerprint density at radius 2 is 1.86 bits per heavy atom. The third-order valence-corrected chi connectivity index (χ3v) is 2.95. The maximum atomic E-state index is 14.0. The van der Waals surface area contributed by atoms with E-state index in [1.54, 1.807) is 0 Å². The number of carbonyl (C=O) groups is 1. The van der Waals surface area contributed by atoms with Gasteiger partial charge in [-0.15, -0.1) is 0 Å². The molecule has 0 heterocycles. The minimum absolute atomic E-state index is 0.0261. The molecule has 0 spiro atoms. The van der Waals surface area contributed by atoms with E-state index in [0.717, 1.165) is 24.3 Å². The molecule has 0 saturated carbocycles. The van der Waals surface area contributed by atoms with E-state index in [2.05, 4.69) is 0 Å². The molecular formula is C15H10F4O2. The Balaban J connectivity index is 2.59. The Bertz CT molecular complexity index is 678. The summed E-state index contributed by atoms with van der Waals surface area (Å²) in [7, 11) is 1.27. The van der Waals surface area contributed by atoms with Crippen LogP contribution in [0.4, 0.5) is 17.6 Å². The van der Waals surface area contributed by atoms with Crippen molar-refractivity contribution < 1.29 is 27.1 Å². The molecule has 0 aliphatic carbocycles. The van der Waals surface area contributed by atoms with Crippen LogP contribution in [0.3, 0.4) is 0 Å². The number of benzene rings is 2. The molecule has 2 rings (SSSR count). The highest BCUT2D eigenvalue weighted by Crippen LogP contribution is 2.34. The lowest BCUT2D eigenvalue weighted by Crippen LogP contribution is -2.04. The van der Waals surface area contributed by atoms with Crippen molar-refractivity contribution in [3.8, 4) is 16.9 Å². The van der Waals surface area contributed by atoms with Crippen molar-refractivity contribution in [1.29, 1.82) is 0 Å². The predicted octanol–water partition coefficient (Wildman–Crippen LogP) is 4.33. The Morgan fingerprint density at radius 1 is 1.14 bits per heavy atom. The zero-order chi connectivity index (χ0) is 15.6. The van der Waals surface area contributed by atoms with Crippen LogP contribution in [0, 0.1) is 5.82 Å². The minimum Gasteiger partial charge on any atom is -0.496 e. The van der Waals surface area contributed by atoms with Gasteiger partial charge in [-0.05, 0) is 23.8 Å². The topological polar surface area (TPSA) is 26.3 Å². The van der Waals surface area contributed by atoms with Crippen LogP contribution in [0.5, 0.6) is 5.75 Å². The van der Waals surface area contributed by atoms with Crippen molar-refractivity contribution >= 4 is 6.29 Å². The maximum absolute atomic E-state index is 14.0. The van der Waals surface area contributed by atoms with Gasteiger partial charge in [0.15, 0.2) is 6.29 Å². The van der Waals surface area contributed by atoms with Crippen LogP contribution >= 0.6 is 0 Å². The van der Waals surface area contributed by atoms with Crippen molar-refractivity contribution in [3.05, 3.63) is 53.3 Å². The highest BCUT2D eigenvalue weighted by Gasteiger charge is 2.30. The highest BCUT2D eigenvalue weighted by atomic mass is 19.4. The van der Waals surface area contributed by atoms with Crippen LogP contribution in [0.25, 0.3) is 11.1 Å². The SMILES string of the molecule is COc1cc(F)c(-c2cccc(C(F)(F)F)c2)cc1C=O. The van der Waals surface area contributed by atoms with Gasteiger partial charge in [0.25, 0.3) is 0 Å². The molecule has 2 aromatic rings. The molecular weight excluding hydrogens is 288 g/mol. The third-order valence-electron chi connectivity index (χ3n) is 2.95. The van der Waals surface area contributed by atoms with E-state index in [1.165, 1.54) is 19.2 Å². The molecule has 0 radical (unpaired) electrons. The zero-order valence-electron chi connectivity index (χ0n) is 10.9. The second-order valence-electron chi connectivity index (χ2n) is 4.27. The van der Waals surface area contributed by atoms with Crippen molar-refractivity contribution in [2.75, 3.05) is 7.11 Å². The van der Waals surface area contributed by atoms with Crippen molar-refractivity contribution in [3.63, 3.8) is 0 Å². The van der Waals surface area contributed by atoms with Gasteiger partial charge in [-0.3, -0.25) is 4.79 Å². The van der Waals surface area contributed by atoms with Gasteiger partial charge in [-0.2, -0.15) is 13.2 Å². The molecule has 0 aromatic heterocycles. The summed E-state index contributed by atoms with van der Waals surface area (Å²) in [6.45, 7) is 0. The van der Waals surface area contributed by atoms with E-state index in [-0.39, 0.29) is 22.4 Å². The molecule has 0 aliphatic rings. The van der Waals surface area contributed by atoms with Crippen molar-refractivity contribution in [2.45, 2.75) is 6.18 Å². The van der Waals surface area contributed by atoms with E-state index < -0.39 is 17.6 Å². The lowest BCUT2D eigenvalue weighted by molar-refractivity contribution is -0.137.